The van der Waals surface area contributed by atoms with Crippen LogP contribution in [0.2, 0.25) is 0 Å². The average molecular weight is 225 g/mol. The maximum atomic E-state index is 12.1. The minimum Gasteiger partial charge on any atom is -0.467 e. The second-order valence-electron chi connectivity index (χ2n) is 5.67. The molecule has 2 rings (SSSR count). The number of piperidine rings is 1. The number of hydrogen-bond acceptors (Lipinski definition) is 3. The third-order valence-electron chi connectivity index (χ3n) is 4.95. The number of amides is 1. The molecule has 0 aromatic rings. The summed E-state index contributed by atoms with van der Waals surface area (Å²) in [5.41, 5.74) is -0.490. The van der Waals surface area contributed by atoms with Gasteiger partial charge in [-0.2, -0.15) is 0 Å². The van der Waals surface area contributed by atoms with Gasteiger partial charge in [-0.05, 0) is 24.2 Å². The summed E-state index contributed by atoms with van der Waals surface area (Å²) in [4.78, 5) is 23.8. The van der Waals surface area contributed by atoms with E-state index in [1.54, 1.807) is 0 Å². The van der Waals surface area contributed by atoms with Crippen LogP contribution < -0.4 is 5.32 Å². The first kappa shape index (κ1) is 11.4. The van der Waals surface area contributed by atoms with Crippen molar-refractivity contribution in [1.29, 1.82) is 0 Å². The third-order valence-corrected chi connectivity index (χ3v) is 4.95. The van der Waals surface area contributed by atoms with Gasteiger partial charge in [-0.15, -0.1) is 0 Å². The third kappa shape index (κ3) is 1.16. The highest BCUT2D eigenvalue weighted by atomic mass is 16.5. The Morgan fingerprint density at radius 1 is 1.44 bits per heavy atom. The van der Waals surface area contributed by atoms with E-state index in [-0.39, 0.29) is 28.6 Å². The van der Waals surface area contributed by atoms with E-state index in [9.17, 15) is 9.59 Å². The van der Waals surface area contributed by atoms with Crippen molar-refractivity contribution in [2.24, 2.45) is 16.7 Å². The van der Waals surface area contributed by atoms with Crippen LogP contribution in [0.4, 0.5) is 0 Å². The van der Waals surface area contributed by atoms with Crippen molar-refractivity contribution in [3.63, 3.8) is 0 Å². The Hall–Kier alpha value is -1.06. The van der Waals surface area contributed by atoms with Gasteiger partial charge in [0, 0.05) is 0 Å². The van der Waals surface area contributed by atoms with E-state index >= 15 is 0 Å². The molecule has 4 nitrogen and oxygen atoms in total. The first-order valence-electron chi connectivity index (χ1n) is 5.73. The number of fused-ring (bicyclic) bond motifs is 2. The first-order valence-corrected chi connectivity index (χ1v) is 5.73. The lowest BCUT2D eigenvalue weighted by Gasteiger charge is -2.47. The molecule has 3 atom stereocenters. The number of carbonyl (C=O) groups excluding carboxylic acids is 2. The molecule has 0 radical (unpaired) electrons. The van der Waals surface area contributed by atoms with Crippen molar-refractivity contribution in [3.8, 4) is 0 Å². The van der Waals surface area contributed by atoms with Gasteiger partial charge < -0.3 is 10.1 Å². The molecule has 1 aliphatic carbocycles. The van der Waals surface area contributed by atoms with E-state index in [0.29, 0.717) is 0 Å². The Labute approximate surface area is 95.7 Å². The number of carbonyl (C=O) groups is 2. The van der Waals surface area contributed by atoms with Crippen molar-refractivity contribution in [3.05, 3.63) is 0 Å². The Kier molecular flexibility index (Phi) is 2.30. The smallest absolute Gasteiger partial charge is 0.328 e. The predicted molar refractivity (Wildman–Crippen MR) is 58.6 cm³/mol. The van der Waals surface area contributed by atoms with E-state index in [2.05, 4.69) is 19.2 Å². The van der Waals surface area contributed by atoms with Crippen molar-refractivity contribution >= 4 is 11.9 Å². The molecule has 1 N–H and O–H groups in total. The molecule has 0 unspecified atom stereocenters. The zero-order chi connectivity index (χ0) is 12.1. The van der Waals surface area contributed by atoms with E-state index in [4.69, 9.17) is 4.74 Å². The highest BCUT2D eigenvalue weighted by Gasteiger charge is 2.63. The van der Waals surface area contributed by atoms with Crippen LogP contribution in [0.5, 0.6) is 0 Å². The fourth-order valence-electron chi connectivity index (χ4n) is 3.28. The quantitative estimate of drug-likeness (QED) is 0.680. The molecule has 1 amide bonds. The molecular weight excluding hydrogens is 206 g/mol. The fraction of sp³-hybridized carbons (Fsp3) is 0.833. The van der Waals surface area contributed by atoms with Gasteiger partial charge in [0.15, 0.2) is 0 Å². The van der Waals surface area contributed by atoms with E-state index in [1.807, 2.05) is 6.92 Å². The molecule has 0 spiro atoms. The average Bonchev–Trinajstić information content (AvgIpc) is 2.38. The molecule has 0 aromatic carbocycles. The van der Waals surface area contributed by atoms with Crippen LogP contribution in [0.25, 0.3) is 0 Å². The molecule has 1 heterocycles. The lowest BCUT2D eigenvalue weighted by molar-refractivity contribution is -0.157. The minimum absolute atomic E-state index is 0.0124. The minimum atomic E-state index is -0.469. The molecule has 2 aliphatic rings. The first-order chi connectivity index (χ1) is 7.34. The number of hydrogen-bond donors (Lipinski definition) is 1. The topological polar surface area (TPSA) is 55.4 Å². The summed E-state index contributed by atoms with van der Waals surface area (Å²) < 4.78 is 4.76. The zero-order valence-electron chi connectivity index (χ0n) is 10.3. The van der Waals surface area contributed by atoms with Gasteiger partial charge in [-0.25, -0.2) is 4.79 Å². The van der Waals surface area contributed by atoms with Crippen LogP contribution in [-0.4, -0.2) is 25.0 Å². The van der Waals surface area contributed by atoms with Gasteiger partial charge in [-0.3, -0.25) is 4.79 Å². The van der Waals surface area contributed by atoms with E-state index in [1.165, 1.54) is 7.11 Å². The van der Waals surface area contributed by atoms with Crippen molar-refractivity contribution in [1.82, 2.24) is 5.32 Å². The summed E-state index contributed by atoms with van der Waals surface area (Å²) in [6.45, 7) is 6.16. The molecule has 16 heavy (non-hydrogen) atoms. The molecule has 1 aliphatic heterocycles. The van der Waals surface area contributed by atoms with Crippen LogP contribution >= 0.6 is 0 Å². The number of esters is 1. The molecule has 2 fully saturated rings. The summed E-state index contributed by atoms with van der Waals surface area (Å²) in [5.74, 6) is -0.153. The van der Waals surface area contributed by atoms with Gasteiger partial charge in [0.2, 0.25) is 5.91 Å². The number of nitrogens with one attached hydrogen (secondary N) is 1. The van der Waals surface area contributed by atoms with Gasteiger partial charge >= 0.3 is 5.97 Å². The van der Waals surface area contributed by atoms with Crippen LogP contribution in [0.3, 0.4) is 0 Å². The van der Waals surface area contributed by atoms with Crippen LogP contribution in [-0.2, 0) is 14.3 Å². The Balaban J connectivity index is 2.38. The summed E-state index contributed by atoms with van der Waals surface area (Å²) >= 11 is 0. The van der Waals surface area contributed by atoms with Crippen molar-refractivity contribution < 1.29 is 14.3 Å². The van der Waals surface area contributed by atoms with Crippen LogP contribution in [0.15, 0.2) is 0 Å². The van der Waals surface area contributed by atoms with Crippen LogP contribution in [0.1, 0.15) is 33.6 Å². The number of rotatable bonds is 1. The molecular formula is C12H19NO3. The molecule has 2 bridgehead atoms. The molecule has 90 valence electrons. The summed E-state index contributed by atoms with van der Waals surface area (Å²) in [6.07, 6.45) is 1.76. The monoisotopic (exact) mass is 225 g/mol. The largest absolute Gasteiger partial charge is 0.467 e. The highest BCUT2D eigenvalue weighted by molar-refractivity contribution is 5.91. The van der Waals surface area contributed by atoms with Crippen molar-refractivity contribution in [2.75, 3.05) is 7.11 Å². The maximum Gasteiger partial charge on any atom is 0.328 e. The summed E-state index contributed by atoms with van der Waals surface area (Å²) in [5, 5.41) is 2.81. The second kappa shape index (κ2) is 3.22. The Morgan fingerprint density at radius 2 is 2.06 bits per heavy atom. The van der Waals surface area contributed by atoms with E-state index < -0.39 is 6.04 Å². The predicted octanol–water partition coefficient (Wildman–Crippen LogP) is 1.10. The fourth-order valence-corrected chi connectivity index (χ4v) is 3.28. The second-order valence-corrected chi connectivity index (χ2v) is 5.67. The molecule has 0 aromatic heterocycles. The standard InChI is InChI=1S/C12H19NO3/c1-11(2)7-5-6-12(11,3)10(15)13-8(7)9(14)16-4/h7-8H,5-6H2,1-4H3,(H,13,15)/t7-,8-,12+/m0/s1. The van der Waals surface area contributed by atoms with E-state index in [0.717, 1.165) is 12.8 Å². The molecule has 1 saturated heterocycles. The van der Waals surface area contributed by atoms with Crippen molar-refractivity contribution in [2.45, 2.75) is 39.7 Å². The highest BCUT2D eigenvalue weighted by Crippen LogP contribution is 2.59. The molecule has 4 heteroatoms. The molecule has 1 saturated carbocycles. The van der Waals surface area contributed by atoms with Gasteiger partial charge in [0.05, 0.1) is 12.5 Å². The maximum absolute atomic E-state index is 12.1. The SMILES string of the molecule is COC(=O)[C@H]1NC(=O)[C@@]2(C)CC[C@@H]1C2(C)C. The zero-order valence-corrected chi connectivity index (χ0v) is 10.3. The Bertz CT molecular complexity index is 350. The Morgan fingerprint density at radius 3 is 2.62 bits per heavy atom. The van der Waals surface area contributed by atoms with Gasteiger partial charge in [0.25, 0.3) is 0 Å². The summed E-state index contributed by atoms with van der Waals surface area (Å²) in [7, 11) is 1.37. The number of methoxy groups -OCH3 is 1. The normalized spacial score (nSPS) is 40.4. The summed E-state index contributed by atoms with van der Waals surface area (Å²) in [6, 6.07) is -0.469. The van der Waals surface area contributed by atoms with Gasteiger partial charge in [0.1, 0.15) is 6.04 Å². The van der Waals surface area contributed by atoms with Crippen LogP contribution in [0, 0.1) is 16.7 Å². The lowest BCUT2D eigenvalue weighted by Crippen LogP contribution is -2.61. The number of ether oxygens (including phenoxy) is 1. The van der Waals surface area contributed by atoms with Gasteiger partial charge in [-0.1, -0.05) is 20.8 Å². The lowest BCUT2D eigenvalue weighted by atomic mass is 9.61.